The van der Waals surface area contributed by atoms with Gasteiger partial charge in [0.25, 0.3) is 5.91 Å². The Morgan fingerprint density at radius 1 is 1.04 bits per heavy atom. The van der Waals surface area contributed by atoms with Gasteiger partial charge >= 0.3 is 6.18 Å². The normalized spacial score (nSPS) is 11.1. The number of hydrogen-bond donors (Lipinski definition) is 2. The van der Waals surface area contributed by atoms with Gasteiger partial charge in [-0.05, 0) is 48.9 Å². The fourth-order valence-corrected chi connectivity index (χ4v) is 2.64. The van der Waals surface area contributed by atoms with Crippen LogP contribution in [0, 0.1) is 6.92 Å². The number of halogens is 3. The van der Waals surface area contributed by atoms with Crippen LogP contribution in [-0.4, -0.2) is 10.9 Å². The number of aromatic nitrogens is 1. The second-order valence-electron chi connectivity index (χ2n) is 6.30. The van der Waals surface area contributed by atoms with E-state index in [4.69, 9.17) is 0 Å². The van der Waals surface area contributed by atoms with E-state index >= 15 is 0 Å². The summed E-state index contributed by atoms with van der Waals surface area (Å²) in [4.78, 5) is 16.5. The van der Waals surface area contributed by atoms with Crippen LogP contribution in [0.15, 0.2) is 66.9 Å². The Balaban J connectivity index is 1.65. The summed E-state index contributed by atoms with van der Waals surface area (Å²) in [5, 5.41) is 5.74. The lowest BCUT2D eigenvalue weighted by Crippen LogP contribution is -2.23. The molecule has 144 valence electrons. The minimum absolute atomic E-state index is 0.264. The largest absolute Gasteiger partial charge is 0.416 e. The van der Waals surface area contributed by atoms with Crippen LogP contribution >= 0.6 is 0 Å². The van der Waals surface area contributed by atoms with Crippen molar-refractivity contribution >= 4 is 17.4 Å². The topological polar surface area (TPSA) is 54.0 Å². The molecule has 0 spiro atoms. The van der Waals surface area contributed by atoms with Gasteiger partial charge < -0.3 is 10.6 Å². The molecule has 0 fully saturated rings. The maximum Gasteiger partial charge on any atom is 0.416 e. The lowest BCUT2D eigenvalue weighted by atomic mass is 10.1. The van der Waals surface area contributed by atoms with Crippen molar-refractivity contribution in [1.82, 2.24) is 10.3 Å². The van der Waals surface area contributed by atoms with Crippen LogP contribution in [0.3, 0.4) is 0 Å². The predicted octanol–water partition coefficient (Wildman–Crippen LogP) is 5.08. The molecule has 28 heavy (non-hydrogen) atoms. The quantitative estimate of drug-likeness (QED) is 0.644. The SMILES string of the molecule is Cc1cccc(CNC(=O)c2ccnc(Nc3ccc(C(F)(F)F)cc3)c2)c1. The molecule has 0 aliphatic carbocycles. The van der Waals surface area contributed by atoms with Crippen molar-refractivity contribution in [2.45, 2.75) is 19.6 Å². The molecule has 2 N–H and O–H groups in total. The van der Waals surface area contributed by atoms with Crippen molar-refractivity contribution in [3.8, 4) is 0 Å². The number of aryl methyl sites for hydroxylation is 1. The third kappa shape index (κ3) is 5.09. The van der Waals surface area contributed by atoms with E-state index in [1.54, 1.807) is 12.1 Å². The molecule has 4 nitrogen and oxygen atoms in total. The Bertz CT molecular complexity index is 969. The molecule has 2 aromatic carbocycles. The maximum absolute atomic E-state index is 12.6. The predicted molar refractivity (Wildman–Crippen MR) is 101 cm³/mol. The van der Waals surface area contributed by atoms with Gasteiger partial charge in [-0.2, -0.15) is 13.2 Å². The number of hydrogen-bond acceptors (Lipinski definition) is 3. The van der Waals surface area contributed by atoms with Crippen LogP contribution in [0.4, 0.5) is 24.7 Å². The van der Waals surface area contributed by atoms with Gasteiger partial charge in [-0.15, -0.1) is 0 Å². The van der Waals surface area contributed by atoms with Gasteiger partial charge in [0, 0.05) is 24.0 Å². The molecule has 0 unspecified atom stereocenters. The third-order valence-corrected chi connectivity index (χ3v) is 4.04. The molecule has 0 bridgehead atoms. The van der Waals surface area contributed by atoms with Gasteiger partial charge in [0.05, 0.1) is 5.56 Å². The minimum atomic E-state index is -4.38. The number of carbonyl (C=O) groups excluding carboxylic acids is 1. The fraction of sp³-hybridized carbons (Fsp3) is 0.143. The summed E-state index contributed by atoms with van der Waals surface area (Å²) in [5.74, 6) is 0.0994. The zero-order chi connectivity index (χ0) is 20.1. The minimum Gasteiger partial charge on any atom is -0.348 e. The van der Waals surface area contributed by atoms with Gasteiger partial charge in [0.15, 0.2) is 0 Å². The first-order valence-electron chi connectivity index (χ1n) is 8.55. The van der Waals surface area contributed by atoms with E-state index in [1.807, 2.05) is 31.2 Å². The molecule has 1 aromatic heterocycles. The number of pyridine rings is 1. The second kappa shape index (κ2) is 8.12. The Labute approximate surface area is 160 Å². The van der Waals surface area contributed by atoms with E-state index in [2.05, 4.69) is 15.6 Å². The molecule has 7 heteroatoms. The highest BCUT2D eigenvalue weighted by molar-refractivity contribution is 5.94. The molecular formula is C21H18F3N3O. The van der Waals surface area contributed by atoms with E-state index in [0.29, 0.717) is 23.6 Å². The summed E-state index contributed by atoms with van der Waals surface area (Å²) < 4.78 is 37.9. The number of carbonyl (C=O) groups is 1. The molecular weight excluding hydrogens is 367 g/mol. The van der Waals surface area contributed by atoms with Crippen molar-refractivity contribution in [2.24, 2.45) is 0 Å². The molecule has 0 radical (unpaired) electrons. The molecule has 3 rings (SSSR count). The third-order valence-electron chi connectivity index (χ3n) is 4.04. The summed E-state index contributed by atoms with van der Waals surface area (Å²) in [7, 11) is 0. The molecule has 0 saturated carbocycles. The van der Waals surface area contributed by atoms with Crippen LogP contribution in [0.2, 0.25) is 0 Å². The highest BCUT2D eigenvalue weighted by atomic mass is 19.4. The number of alkyl halides is 3. The Morgan fingerprint density at radius 3 is 2.46 bits per heavy atom. The molecule has 1 amide bonds. The molecule has 0 saturated heterocycles. The summed E-state index contributed by atoms with van der Waals surface area (Å²) in [5.41, 5.74) is 2.22. The zero-order valence-corrected chi connectivity index (χ0v) is 15.0. The number of amides is 1. The van der Waals surface area contributed by atoms with E-state index in [-0.39, 0.29) is 5.91 Å². The van der Waals surface area contributed by atoms with E-state index in [1.165, 1.54) is 18.3 Å². The fourth-order valence-electron chi connectivity index (χ4n) is 2.64. The average Bonchev–Trinajstić information content (AvgIpc) is 2.66. The van der Waals surface area contributed by atoms with E-state index in [0.717, 1.165) is 23.3 Å². The van der Waals surface area contributed by atoms with Crippen molar-refractivity contribution in [3.63, 3.8) is 0 Å². The standard InChI is InChI=1S/C21H18F3N3O/c1-14-3-2-4-15(11-14)13-26-20(28)16-9-10-25-19(12-16)27-18-7-5-17(6-8-18)21(22,23)24/h2-12H,13H2,1H3,(H,25,27)(H,26,28). The first-order chi connectivity index (χ1) is 13.3. The first-order valence-corrected chi connectivity index (χ1v) is 8.55. The maximum atomic E-state index is 12.6. The number of anilines is 2. The number of nitrogens with one attached hydrogen (secondary N) is 2. The van der Waals surface area contributed by atoms with Crippen molar-refractivity contribution in [3.05, 3.63) is 89.1 Å². The monoisotopic (exact) mass is 385 g/mol. The highest BCUT2D eigenvalue weighted by Gasteiger charge is 2.29. The average molecular weight is 385 g/mol. The summed E-state index contributed by atoms with van der Waals surface area (Å²) in [6, 6.07) is 15.5. The lowest BCUT2D eigenvalue weighted by Gasteiger charge is -2.10. The van der Waals surface area contributed by atoms with Crippen LogP contribution in [0.5, 0.6) is 0 Å². The van der Waals surface area contributed by atoms with Gasteiger partial charge in [0.2, 0.25) is 0 Å². The summed E-state index contributed by atoms with van der Waals surface area (Å²) in [6.45, 7) is 2.37. The smallest absolute Gasteiger partial charge is 0.348 e. The second-order valence-corrected chi connectivity index (χ2v) is 6.30. The van der Waals surface area contributed by atoms with Crippen LogP contribution in [0.25, 0.3) is 0 Å². The van der Waals surface area contributed by atoms with Gasteiger partial charge in [-0.1, -0.05) is 29.8 Å². The van der Waals surface area contributed by atoms with E-state index in [9.17, 15) is 18.0 Å². The summed E-state index contributed by atoms with van der Waals surface area (Å²) >= 11 is 0. The van der Waals surface area contributed by atoms with Crippen LogP contribution in [0.1, 0.15) is 27.0 Å². The molecule has 3 aromatic rings. The molecule has 1 heterocycles. The zero-order valence-electron chi connectivity index (χ0n) is 15.0. The van der Waals surface area contributed by atoms with Gasteiger partial charge in [-0.3, -0.25) is 4.79 Å². The van der Waals surface area contributed by atoms with Gasteiger partial charge in [-0.25, -0.2) is 4.98 Å². The Hall–Kier alpha value is -3.35. The van der Waals surface area contributed by atoms with Crippen molar-refractivity contribution < 1.29 is 18.0 Å². The molecule has 0 aliphatic rings. The number of benzene rings is 2. The molecule has 0 aliphatic heterocycles. The molecule has 0 atom stereocenters. The van der Waals surface area contributed by atoms with E-state index < -0.39 is 11.7 Å². The Kier molecular flexibility index (Phi) is 5.63. The Morgan fingerprint density at radius 2 is 1.79 bits per heavy atom. The first kappa shape index (κ1) is 19.4. The van der Waals surface area contributed by atoms with Crippen LogP contribution < -0.4 is 10.6 Å². The van der Waals surface area contributed by atoms with Crippen LogP contribution in [-0.2, 0) is 12.7 Å². The van der Waals surface area contributed by atoms with Crippen molar-refractivity contribution in [2.75, 3.05) is 5.32 Å². The lowest BCUT2D eigenvalue weighted by molar-refractivity contribution is -0.137. The number of nitrogens with zero attached hydrogens (tertiary/aromatic N) is 1. The van der Waals surface area contributed by atoms with Crippen molar-refractivity contribution in [1.29, 1.82) is 0 Å². The van der Waals surface area contributed by atoms with Gasteiger partial charge in [0.1, 0.15) is 5.82 Å². The highest BCUT2D eigenvalue weighted by Crippen LogP contribution is 2.30. The number of rotatable bonds is 5. The summed E-state index contributed by atoms with van der Waals surface area (Å²) in [6.07, 6.45) is -2.92.